The lowest BCUT2D eigenvalue weighted by Crippen LogP contribution is -2.43. The van der Waals surface area contributed by atoms with E-state index >= 15 is 0 Å². The van der Waals surface area contributed by atoms with Crippen LogP contribution in [0.3, 0.4) is 0 Å². The van der Waals surface area contributed by atoms with E-state index in [0.717, 1.165) is 23.3 Å². The second-order valence-corrected chi connectivity index (χ2v) is 9.57. The fraction of sp³-hybridized carbons (Fsp3) is 0.320. The lowest BCUT2D eigenvalue weighted by molar-refractivity contribution is -0.149. The van der Waals surface area contributed by atoms with Crippen LogP contribution < -0.4 is 4.90 Å². The Labute approximate surface area is 202 Å². The van der Waals surface area contributed by atoms with Crippen LogP contribution in [0.15, 0.2) is 52.3 Å². The van der Waals surface area contributed by atoms with Crippen LogP contribution in [0.25, 0.3) is 6.08 Å². The Kier molecular flexibility index (Phi) is 7.10. The molecule has 0 N–H and O–H groups in total. The Morgan fingerprint density at radius 1 is 1.24 bits per heavy atom. The first-order chi connectivity index (χ1) is 15.9. The fourth-order valence-corrected chi connectivity index (χ4v) is 5.36. The van der Waals surface area contributed by atoms with Gasteiger partial charge in [0.25, 0.3) is 11.8 Å². The minimum absolute atomic E-state index is 0.141. The van der Waals surface area contributed by atoms with E-state index in [1.54, 1.807) is 42.0 Å². The molecule has 0 aliphatic carbocycles. The van der Waals surface area contributed by atoms with Gasteiger partial charge in [-0.25, -0.2) is 0 Å². The molecule has 2 amide bonds. The van der Waals surface area contributed by atoms with Gasteiger partial charge in [-0.3, -0.25) is 14.4 Å². The zero-order valence-corrected chi connectivity index (χ0v) is 20.1. The van der Waals surface area contributed by atoms with E-state index in [9.17, 15) is 14.4 Å². The van der Waals surface area contributed by atoms with Crippen LogP contribution in [-0.2, 0) is 14.3 Å². The first-order valence-corrected chi connectivity index (χ1v) is 12.1. The minimum Gasteiger partial charge on any atom is -0.466 e. The summed E-state index contributed by atoms with van der Waals surface area (Å²) in [6.07, 6.45) is 3.30. The molecule has 172 valence electrons. The Hall–Kier alpha value is -2.77. The topological polar surface area (TPSA) is 66.9 Å². The molecule has 0 aromatic heterocycles. The van der Waals surface area contributed by atoms with Crippen LogP contribution in [0.2, 0.25) is 5.02 Å². The summed E-state index contributed by atoms with van der Waals surface area (Å²) >= 11 is 7.44. The molecule has 33 heavy (non-hydrogen) atoms. The number of thioether (sulfide) groups is 1. The van der Waals surface area contributed by atoms with Gasteiger partial charge in [-0.15, -0.1) is 0 Å². The van der Waals surface area contributed by atoms with Gasteiger partial charge in [0.2, 0.25) is 0 Å². The van der Waals surface area contributed by atoms with Gasteiger partial charge in [-0.05, 0) is 61.7 Å². The minimum atomic E-state index is -0.292. The van der Waals surface area contributed by atoms with E-state index in [1.165, 1.54) is 11.8 Å². The summed E-state index contributed by atoms with van der Waals surface area (Å²) in [5.41, 5.74) is 2.04. The summed E-state index contributed by atoms with van der Waals surface area (Å²) in [4.78, 5) is 43.1. The monoisotopic (exact) mass is 484 g/mol. The van der Waals surface area contributed by atoms with Crippen LogP contribution in [0.5, 0.6) is 0 Å². The lowest BCUT2D eigenvalue weighted by Gasteiger charge is -2.32. The second kappa shape index (κ2) is 10.0. The summed E-state index contributed by atoms with van der Waals surface area (Å²) in [5, 5.41) is 0.609. The van der Waals surface area contributed by atoms with Gasteiger partial charge < -0.3 is 14.5 Å². The third-order valence-corrected chi connectivity index (χ3v) is 7.09. The molecule has 2 aromatic carbocycles. The molecule has 8 heteroatoms. The van der Waals surface area contributed by atoms with E-state index in [0.29, 0.717) is 40.9 Å². The highest BCUT2D eigenvalue weighted by molar-refractivity contribution is 8.04. The number of hydrogen-bond acceptors (Lipinski definition) is 5. The molecule has 1 fully saturated rings. The first-order valence-electron chi connectivity index (χ1n) is 10.9. The van der Waals surface area contributed by atoms with Gasteiger partial charge in [0, 0.05) is 35.6 Å². The molecule has 1 atom stereocenters. The van der Waals surface area contributed by atoms with Crippen LogP contribution in [0, 0.1) is 5.92 Å². The van der Waals surface area contributed by atoms with Crippen molar-refractivity contribution in [1.29, 1.82) is 0 Å². The molecule has 6 nitrogen and oxygen atoms in total. The smallest absolute Gasteiger partial charge is 0.310 e. The van der Waals surface area contributed by atoms with E-state index in [2.05, 4.69) is 0 Å². The molecule has 4 rings (SSSR count). The largest absolute Gasteiger partial charge is 0.466 e. The number of piperidine rings is 1. The number of nitrogens with zero attached hydrogens (tertiary/aromatic N) is 2. The summed E-state index contributed by atoms with van der Waals surface area (Å²) in [5.74, 6) is -0.823. The van der Waals surface area contributed by atoms with Crippen molar-refractivity contribution >= 4 is 52.9 Å². The van der Waals surface area contributed by atoms with Crippen LogP contribution >= 0.6 is 23.4 Å². The molecule has 2 aliphatic heterocycles. The number of amides is 2. The summed E-state index contributed by atoms with van der Waals surface area (Å²) in [6.45, 7) is 3.06. The average Bonchev–Trinajstić information content (AvgIpc) is 2.82. The first kappa shape index (κ1) is 23.4. The maximum Gasteiger partial charge on any atom is 0.310 e. The number of likely N-dealkylation sites (N-methyl/N-ethyl adjacent to an activating group) is 1. The standard InChI is InChI=1S/C25H25ClN2O4S/c1-3-32-25(31)18-7-5-11-28(15-18)23(29)17-9-10-21-20(14-17)27(2)24(30)22(33-21)13-16-6-4-8-19(26)12-16/h4,6,8-10,12-14,18H,3,5,7,11,15H2,1-2H3. The number of carbonyl (C=O) groups is 3. The molecule has 0 spiro atoms. The van der Waals surface area contributed by atoms with E-state index in [4.69, 9.17) is 16.3 Å². The molecule has 0 saturated carbocycles. The van der Waals surface area contributed by atoms with Crippen molar-refractivity contribution in [1.82, 2.24) is 4.90 Å². The quantitative estimate of drug-likeness (QED) is 0.457. The second-order valence-electron chi connectivity index (χ2n) is 8.05. The summed E-state index contributed by atoms with van der Waals surface area (Å²) < 4.78 is 5.14. The van der Waals surface area contributed by atoms with Crippen molar-refractivity contribution in [3.05, 3.63) is 63.5 Å². The third-order valence-electron chi connectivity index (χ3n) is 5.78. The van der Waals surface area contributed by atoms with Crippen molar-refractivity contribution in [3.8, 4) is 0 Å². The molecule has 2 heterocycles. The van der Waals surface area contributed by atoms with Gasteiger partial charge >= 0.3 is 5.97 Å². The van der Waals surface area contributed by atoms with E-state index in [-0.39, 0.29) is 23.7 Å². The molecule has 2 aromatic rings. The molecular formula is C25H25ClN2O4S. The zero-order chi connectivity index (χ0) is 23.5. The average molecular weight is 485 g/mol. The molecule has 0 bridgehead atoms. The highest BCUT2D eigenvalue weighted by Crippen LogP contribution is 2.42. The molecular weight excluding hydrogens is 460 g/mol. The van der Waals surface area contributed by atoms with Crippen molar-refractivity contribution in [3.63, 3.8) is 0 Å². The third kappa shape index (κ3) is 5.09. The summed E-state index contributed by atoms with van der Waals surface area (Å²) in [7, 11) is 1.71. The number of carbonyl (C=O) groups excluding carboxylic acids is 3. The Morgan fingerprint density at radius 2 is 2.06 bits per heavy atom. The van der Waals surface area contributed by atoms with Crippen molar-refractivity contribution < 1.29 is 19.1 Å². The molecule has 2 aliphatic rings. The lowest BCUT2D eigenvalue weighted by atomic mass is 9.97. The predicted molar refractivity (Wildman–Crippen MR) is 130 cm³/mol. The van der Waals surface area contributed by atoms with Crippen LogP contribution in [-0.4, -0.2) is 49.4 Å². The number of fused-ring (bicyclic) bond motifs is 1. The van der Waals surface area contributed by atoms with Gasteiger partial charge in [0.15, 0.2) is 0 Å². The summed E-state index contributed by atoms with van der Waals surface area (Å²) in [6, 6.07) is 12.7. The maximum atomic E-state index is 13.2. The number of rotatable bonds is 4. The van der Waals surface area contributed by atoms with Gasteiger partial charge in [-0.1, -0.05) is 35.5 Å². The SMILES string of the molecule is CCOC(=O)C1CCCN(C(=O)c2ccc3c(c2)N(C)C(=O)C(=Cc2cccc(Cl)c2)S3)C1. The number of likely N-dealkylation sites (tertiary alicyclic amines) is 1. The van der Waals surface area contributed by atoms with Gasteiger partial charge in [0.05, 0.1) is 23.1 Å². The zero-order valence-electron chi connectivity index (χ0n) is 18.5. The molecule has 1 saturated heterocycles. The number of hydrogen-bond donors (Lipinski definition) is 0. The van der Waals surface area contributed by atoms with Crippen molar-refractivity contribution in [2.45, 2.75) is 24.7 Å². The van der Waals surface area contributed by atoms with Crippen molar-refractivity contribution in [2.24, 2.45) is 5.92 Å². The Morgan fingerprint density at radius 3 is 2.82 bits per heavy atom. The molecule has 0 radical (unpaired) electrons. The van der Waals surface area contributed by atoms with Gasteiger partial charge in [-0.2, -0.15) is 0 Å². The Bertz CT molecular complexity index is 1130. The number of esters is 1. The number of benzene rings is 2. The normalized spacial score (nSPS) is 19.4. The molecule has 1 unspecified atom stereocenters. The number of ether oxygens (including phenoxy) is 1. The maximum absolute atomic E-state index is 13.2. The van der Waals surface area contributed by atoms with Crippen LogP contribution in [0.4, 0.5) is 5.69 Å². The van der Waals surface area contributed by atoms with Crippen molar-refractivity contribution in [2.75, 3.05) is 31.6 Å². The number of halogens is 1. The van der Waals surface area contributed by atoms with Gasteiger partial charge in [0.1, 0.15) is 0 Å². The number of anilines is 1. The highest BCUT2D eigenvalue weighted by atomic mass is 35.5. The fourth-order valence-electron chi connectivity index (χ4n) is 4.07. The van der Waals surface area contributed by atoms with E-state index < -0.39 is 0 Å². The van der Waals surface area contributed by atoms with E-state index in [1.807, 2.05) is 30.3 Å². The Balaban J connectivity index is 1.55. The highest BCUT2D eigenvalue weighted by Gasteiger charge is 2.31. The predicted octanol–water partition coefficient (Wildman–Crippen LogP) is 4.86. The van der Waals surface area contributed by atoms with Crippen LogP contribution in [0.1, 0.15) is 35.7 Å².